The minimum atomic E-state index is -0.746. The average Bonchev–Trinajstić information content (AvgIpc) is 3.16. The van der Waals surface area contributed by atoms with Gasteiger partial charge in [0.25, 0.3) is 0 Å². The number of nitrogens with one attached hydrogen (secondary N) is 1. The van der Waals surface area contributed by atoms with Crippen molar-refractivity contribution in [1.82, 2.24) is 5.32 Å². The highest BCUT2D eigenvalue weighted by Crippen LogP contribution is 2.16. The second-order valence-corrected chi connectivity index (χ2v) is 16.7. The summed E-state index contributed by atoms with van der Waals surface area (Å²) < 4.78 is 0. The van der Waals surface area contributed by atoms with E-state index in [-0.39, 0.29) is 18.9 Å². The molecule has 320 valence electrons. The highest BCUT2D eigenvalue weighted by Gasteiger charge is 2.21. The lowest BCUT2D eigenvalue weighted by Crippen LogP contribution is -2.46. The van der Waals surface area contributed by atoms with Crippen LogP contribution < -0.4 is 5.32 Å². The van der Waals surface area contributed by atoms with E-state index >= 15 is 0 Å². The summed E-state index contributed by atoms with van der Waals surface area (Å²) in [4.78, 5) is 12.4. The Kier molecular flexibility index (Phi) is 43.6. The average molecular weight is 762 g/mol. The van der Waals surface area contributed by atoms with Crippen LogP contribution in [-0.2, 0) is 4.79 Å². The van der Waals surface area contributed by atoms with Gasteiger partial charge in [-0.15, -0.1) is 0 Å². The van der Waals surface area contributed by atoms with Crippen LogP contribution in [0.3, 0.4) is 0 Å². The van der Waals surface area contributed by atoms with Crippen LogP contribution in [0.2, 0.25) is 0 Å². The van der Waals surface area contributed by atoms with Crippen molar-refractivity contribution < 1.29 is 20.1 Å². The molecule has 0 aliphatic heterocycles. The normalized spacial score (nSPS) is 13.6. The molecule has 0 rings (SSSR count). The van der Waals surface area contributed by atoms with Gasteiger partial charge in [0.15, 0.2) is 0 Å². The molecule has 0 fully saturated rings. The van der Waals surface area contributed by atoms with Crippen LogP contribution >= 0.6 is 0 Å². The second-order valence-electron chi connectivity index (χ2n) is 16.7. The Balaban J connectivity index is 3.51. The lowest BCUT2D eigenvalue weighted by molar-refractivity contribution is -0.125. The third kappa shape index (κ3) is 40.5. The lowest BCUT2D eigenvalue weighted by atomic mass is 10.0. The van der Waals surface area contributed by atoms with E-state index < -0.39 is 18.2 Å². The van der Waals surface area contributed by atoms with Crippen molar-refractivity contribution in [3.63, 3.8) is 0 Å². The molecule has 5 nitrogen and oxygen atoms in total. The van der Waals surface area contributed by atoms with E-state index in [0.29, 0.717) is 12.8 Å². The highest BCUT2D eigenvalue weighted by atomic mass is 16.3. The molecule has 0 heterocycles. The van der Waals surface area contributed by atoms with Gasteiger partial charge >= 0.3 is 0 Å². The second kappa shape index (κ2) is 44.5. The van der Waals surface area contributed by atoms with Gasteiger partial charge in [0.2, 0.25) is 5.91 Å². The number of carbonyl (C=O) groups is 1. The van der Waals surface area contributed by atoms with E-state index in [2.05, 4.69) is 43.5 Å². The van der Waals surface area contributed by atoms with Crippen molar-refractivity contribution in [2.45, 2.75) is 276 Å². The van der Waals surface area contributed by atoms with Gasteiger partial charge in [-0.3, -0.25) is 4.79 Å². The smallest absolute Gasteiger partial charge is 0.222 e. The van der Waals surface area contributed by atoms with Crippen molar-refractivity contribution in [2.24, 2.45) is 0 Å². The molecular formula is C49H95NO4. The summed E-state index contributed by atoms with van der Waals surface area (Å²) in [7, 11) is 0. The summed E-state index contributed by atoms with van der Waals surface area (Å²) in [6.45, 7) is 4.25. The van der Waals surface area contributed by atoms with Crippen molar-refractivity contribution in [1.29, 1.82) is 0 Å². The van der Waals surface area contributed by atoms with Crippen LogP contribution in [0.15, 0.2) is 24.3 Å². The molecule has 0 aliphatic rings. The Hall–Kier alpha value is -1.17. The van der Waals surface area contributed by atoms with Gasteiger partial charge in [-0.25, -0.2) is 0 Å². The largest absolute Gasteiger partial charge is 0.394 e. The van der Waals surface area contributed by atoms with Gasteiger partial charge in [0.05, 0.1) is 31.3 Å². The van der Waals surface area contributed by atoms with Crippen LogP contribution in [0.25, 0.3) is 0 Å². The number of carbonyl (C=O) groups excluding carboxylic acids is 1. The number of unbranched alkanes of at least 4 members (excludes halogenated alkanes) is 31. The molecule has 0 aromatic carbocycles. The summed E-state index contributed by atoms with van der Waals surface area (Å²) in [5, 5.41) is 33.3. The lowest BCUT2D eigenvalue weighted by Gasteiger charge is -2.23. The molecule has 0 aromatic rings. The Labute approximate surface area is 337 Å². The molecule has 0 saturated heterocycles. The summed E-state index contributed by atoms with van der Waals surface area (Å²) in [6, 6.07) is -0.655. The zero-order valence-corrected chi connectivity index (χ0v) is 36.4. The van der Waals surface area contributed by atoms with Gasteiger partial charge < -0.3 is 20.6 Å². The Morgan fingerprint density at radius 1 is 0.463 bits per heavy atom. The number of aliphatic hydroxyl groups is 3. The number of amides is 1. The fourth-order valence-electron chi connectivity index (χ4n) is 7.55. The molecule has 5 heteroatoms. The molecule has 54 heavy (non-hydrogen) atoms. The fourth-order valence-corrected chi connectivity index (χ4v) is 7.55. The SMILES string of the molecule is CCCCCCCCCCC/C=C\C/C=C\CCCCCCCCCCCCCCCC(O)CC(=O)NC(CO)C(O)CCCCCCCCCCCC. The maximum Gasteiger partial charge on any atom is 0.222 e. The molecule has 0 radical (unpaired) electrons. The number of hydrogen-bond donors (Lipinski definition) is 4. The standard InChI is InChI=1S/C49H95NO4/c1-3-5-7-9-11-13-15-16-17-18-19-20-21-22-23-24-25-26-27-28-29-30-31-32-33-34-36-38-40-42-46(52)44-49(54)50-47(45-51)48(53)43-41-39-37-35-14-12-10-8-6-4-2/h19-20,22-23,46-48,51-53H,3-18,21,24-45H2,1-2H3,(H,50,54)/b20-19-,23-22-. The van der Waals surface area contributed by atoms with Gasteiger partial charge in [-0.05, 0) is 44.9 Å². The third-order valence-electron chi connectivity index (χ3n) is 11.3. The Morgan fingerprint density at radius 3 is 1.17 bits per heavy atom. The molecule has 0 spiro atoms. The van der Waals surface area contributed by atoms with Crippen molar-refractivity contribution in [3.05, 3.63) is 24.3 Å². The third-order valence-corrected chi connectivity index (χ3v) is 11.3. The topological polar surface area (TPSA) is 89.8 Å². The molecule has 1 amide bonds. The van der Waals surface area contributed by atoms with E-state index in [1.165, 1.54) is 193 Å². The maximum absolute atomic E-state index is 12.4. The van der Waals surface area contributed by atoms with Crippen LogP contribution in [0.4, 0.5) is 0 Å². The molecule has 4 N–H and O–H groups in total. The van der Waals surface area contributed by atoms with Gasteiger partial charge in [0.1, 0.15) is 0 Å². The minimum Gasteiger partial charge on any atom is -0.394 e. The fraction of sp³-hybridized carbons (Fsp3) is 0.898. The van der Waals surface area contributed by atoms with E-state index in [0.717, 1.165) is 32.1 Å². The number of hydrogen-bond acceptors (Lipinski definition) is 4. The molecular weight excluding hydrogens is 667 g/mol. The summed E-state index contributed by atoms with van der Waals surface area (Å²) in [5.41, 5.74) is 0. The maximum atomic E-state index is 12.4. The predicted octanol–water partition coefficient (Wildman–Crippen LogP) is 14.2. The number of allylic oxidation sites excluding steroid dienone is 4. The number of aliphatic hydroxyl groups excluding tert-OH is 3. The van der Waals surface area contributed by atoms with Gasteiger partial charge in [-0.2, -0.15) is 0 Å². The Morgan fingerprint density at radius 2 is 0.796 bits per heavy atom. The Bertz CT molecular complexity index is 799. The minimum absolute atomic E-state index is 0.0376. The first-order valence-electron chi connectivity index (χ1n) is 24.1. The van der Waals surface area contributed by atoms with E-state index in [9.17, 15) is 20.1 Å². The predicted molar refractivity (Wildman–Crippen MR) is 236 cm³/mol. The summed E-state index contributed by atoms with van der Waals surface area (Å²) in [6.07, 6.45) is 54.6. The first kappa shape index (κ1) is 52.8. The monoisotopic (exact) mass is 762 g/mol. The first-order chi connectivity index (χ1) is 26.5. The van der Waals surface area contributed by atoms with E-state index in [1.54, 1.807) is 0 Å². The summed E-state index contributed by atoms with van der Waals surface area (Å²) >= 11 is 0. The van der Waals surface area contributed by atoms with Gasteiger partial charge in [0, 0.05) is 0 Å². The molecule has 0 saturated carbocycles. The number of rotatable bonds is 44. The first-order valence-corrected chi connectivity index (χ1v) is 24.1. The zero-order chi connectivity index (χ0) is 39.4. The van der Waals surface area contributed by atoms with Crippen LogP contribution in [0, 0.1) is 0 Å². The molecule has 0 aliphatic carbocycles. The van der Waals surface area contributed by atoms with Crippen LogP contribution in [-0.4, -0.2) is 46.1 Å². The molecule has 3 atom stereocenters. The van der Waals surface area contributed by atoms with Crippen molar-refractivity contribution in [2.75, 3.05) is 6.61 Å². The van der Waals surface area contributed by atoms with Crippen molar-refractivity contribution in [3.8, 4) is 0 Å². The van der Waals surface area contributed by atoms with Crippen LogP contribution in [0.5, 0.6) is 0 Å². The van der Waals surface area contributed by atoms with E-state index in [4.69, 9.17) is 0 Å². The summed E-state index contributed by atoms with van der Waals surface area (Å²) in [5.74, 6) is -0.283. The molecule has 3 unspecified atom stereocenters. The van der Waals surface area contributed by atoms with Crippen LogP contribution in [0.1, 0.15) is 258 Å². The zero-order valence-electron chi connectivity index (χ0n) is 36.4. The quantitative estimate of drug-likeness (QED) is 0.0368. The molecule has 0 bridgehead atoms. The highest BCUT2D eigenvalue weighted by molar-refractivity contribution is 5.76. The van der Waals surface area contributed by atoms with Gasteiger partial charge in [-0.1, -0.05) is 231 Å². The van der Waals surface area contributed by atoms with E-state index in [1.807, 2.05) is 0 Å². The van der Waals surface area contributed by atoms with Crippen molar-refractivity contribution >= 4 is 5.91 Å². The molecule has 0 aromatic heterocycles.